The highest BCUT2D eigenvalue weighted by Crippen LogP contribution is 2.17. The third kappa shape index (κ3) is 5.98. The summed E-state index contributed by atoms with van der Waals surface area (Å²) in [6.07, 6.45) is 2.42. The monoisotopic (exact) mass is 347 g/mol. The number of anilines is 1. The molecule has 0 bridgehead atoms. The number of amides is 3. The van der Waals surface area contributed by atoms with Crippen LogP contribution in [0.5, 0.6) is 0 Å². The molecule has 8 heteroatoms. The third-order valence-corrected chi connectivity index (χ3v) is 4.13. The Morgan fingerprint density at radius 2 is 1.96 bits per heavy atom. The number of hydrogen-bond donors (Lipinski definition) is 4. The van der Waals surface area contributed by atoms with Crippen LogP contribution < -0.4 is 21.9 Å². The average molecular weight is 347 g/mol. The van der Waals surface area contributed by atoms with E-state index >= 15 is 0 Å². The van der Waals surface area contributed by atoms with Crippen LogP contribution in [-0.4, -0.2) is 23.5 Å². The van der Waals surface area contributed by atoms with Crippen molar-refractivity contribution in [2.24, 2.45) is 5.84 Å². The zero-order valence-corrected chi connectivity index (χ0v) is 14.3. The smallest absolute Gasteiger partial charge is 0.328 e. The molecule has 1 aromatic heterocycles. The van der Waals surface area contributed by atoms with Gasteiger partial charge < -0.3 is 10.6 Å². The first-order valence-electron chi connectivity index (χ1n) is 7.61. The second kappa shape index (κ2) is 8.99. The fourth-order valence-electron chi connectivity index (χ4n) is 2.21. The second-order valence-electron chi connectivity index (χ2n) is 5.30. The summed E-state index contributed by atoms with van der Waals surface area (Å²) in [5.74, 6) is 4.90. The van der Waals surface area contributed by atoms with Gasteiger partial charge in [0, 0.05) is 18.8 Å². The van der Waals surface area contributed by atoms with E-state index in [9.17, 15) is 9.59 Å². The van der Waals surface area contributed by atoms with Gasteiger partial charge in [-0.15, -0.1) is 11.3 Å². The molecule has 0 aliphatic rings. The number of aromatic nitrogens is 1. The van der Waals surface area contributed by atoms with E-state index < -0.39 is 0 Å². The van der Waals surface area contributed by atoms with Crippen molar-refractivity contribution in [3.05, 3.63) is 46.5 Å². The first kappa shape index (κ1) is 17.9. The Kier molecular flexibility index (Phi) is 6.71. The standard InChI is InChI=1S/C16H21N5O2S/c1-11(22)19-16-20-14(10-24-16)6-5-12-3-2-4-13(9-12)7-8-18-15(23)21-17/h2-4,9-10H,5-8,17H2,1H3,(H2,18,21,23)(H,19,20,22). The molecule has 2 rings (SSSR count). The van der Waals surface area contributed by atoms with Crippen molar-refractivity contribution < 1.29 is 9.59 Å². The van der Waals surface area contributed by atoms with Gasteiger partial charge in [0.05, 0.1) is 5.69 Å². The van der Waals surface area contributed by atoms with Crippen molar-refractivity contribution in [3.63, 3.8) is 0 Å². The molecule has 5 N–H and O–H groups in total. The molecule has 0 saturated carbocycles. The molecule has 3 amide bonds. The van der Waals surface area contributed by atoms with Gasteiger partial charge in [-0.2, -0.15) is 0 Å². The summed E-state index contributed by atoms with van der Waals surface area (Å²) in [5.41, 5.74) is 5.37. The van der Waals surface area contributed by atoms with Crippen LogP contribution >= 0.6 is 11.3 Å². The lowest BCUT2D eigenvalue weighted by molar-refractivity contribution is -0.114. The molecule has 128 valence electrons. The number of thiazole rings is 1. The summed E-state index contributed by atoms with van der Waals surface area (Å²) >= 11 is 1.43. The van der Waals surface area contributed by atoms with Gasteiger partial charge in [-0.1, -0.05) is 24.3 Å². The number of hydrogen-bond acceptors (Lipinski definition) is 5. The Balaban J connectivity index is 1.84. The summed E-state index contributed by atoms with van der Waals surface area (Å²) < 4.78 is 0. The normalized spacial score (nSPS) is 10.2. The van der Waals surface area contributed by atoms with Crippen LogP contribution in [0.3, 0.4) is 0 Å². The zero-order chi connectivity index (χ0) is 17.4. The molecule has 0 aliphatic carbocycles. The SMILES string of the molecule is CC(=O)Nc1nc(CCc2cccc(CCNC(=O)NN)c2)cs1. The number of nitrogens with two attached hydrogens (primary N) is 1. The van der Waals surface area contributed by atoms with Crippen LogP contribution in [-0.2, 0) is 24.1 Å². The van der Waals surface area contributed by atoms with Gasteiger partial charge in [0.2, 0.25) is 5.91 Å². The number of carbonyl (C=O) groups excluding carboxylic acids is 2. The molecule has 7 nitrogen and oxygen atoms in total. The Morgan fingerprint density at radius 1 is 1.21 bits per heavy atom. The van der Waals surface area contributed by atoms with Gasteiger partial charge in [0.1, 0.15) is 0 Å². The molecule has 0 atom stereocenters. The molecule has 0 fully saturated rings. The van der Waals surface area contributed by atoms with Crippen LogP contribution in [0.25, 0.3) is 0 Å². The number of benzene rings is 1. The first-order chi connectivity index (χ1) is 11.6. The van der Waals surface area contributed by atoms with Crippen LogP contribution in [0, 0.1) is 0 Å². The Bertz CT molecular complexity index is 701. The van der Waals surface area contributed by atoms with Crippen molar-refractivity contribution in [2.45, 2.75) is 26.2 Å². The maximum Gasteiger partial charge on any atom is 0.328 e. The number of aryl methyl sites for hydroxylation is 2. The van der Waals surface area contributed by atoms with Crippen molar-refractivity contribution in [3.8, 4) is 0 Å². The van der Waals surface area contributed by atoms with Gasteiger partial charge in [-0.3, -0.25) is 10.2 Å². The van der Waals surface area contributed by atoms with Crippen molar-refractivity contribution in [2.75, 3.05) is 11.9 Å². The van der Waals surface area contributed by atoms with Crippen molar-refractivity contribution >= 4 is 28.4 Å². The minimum atomic E-state index is -0.385. The van der Waals surface area contributed by atoms with Gasteiger partial charge in [-0.25, -0.2) is 15.6 Å². The molecule has 24 heavy (non-hydrogen) atoms. The van der Waals surface area contributed by atoms with Crippen LogP contribution in [0.15, 0.2) is 29.6 Å². The van der Waals surface area contributed by atoms with E-state index in [4.69, 9.17) is 5.84 Å². The summed E-state index contributed by atoms with van der Waals surface area (Å²) in [7, 11) is 0. The van der Waals surface area contributed by atoms with E-state index in [1.807, 2.05) is 22.9 Å². The van der Waals surface area contributed by atoms with E-state index in [-0.39, 0.29) is 11.9 Å². The summed E-state index contributed by atoms with van der Waals surface area (Å²) in [6, 6.07) is 7.86. The van der Waals surface area contributed by atoms with E-state index in [0.29, 0.717) is 11.7 Å². The highest BCUT2D eigenvalue weighted by molar-refractivity contribution is 7.13. The predicted octanol–water partition coefficient (Wildman–Crippen LogP) is 1.60. The minimum Gasteiger partial charge on any atom is -0.337 e. The van der Waals surface area contributed by atoms with Crippen molar-refractivity contribution in [1.29, 1.82) is 0 Å². The average Bonchev–Trinajstić information content (AvgIpc) is 3.00. The quantitative estimate of drug-likeness (QED) is 0.346. The molecule has 2 aromatic rings. The maximum absolute atomic E-state index is 11.0. The van der Waals surface area contributed by atoms with E-state index in [1.165, 1.54) is 23.8 Å². The lowest BCUT2D eigenvalue weighted by atomic mass is 10.0. The fraction of sp³-hybridized carbons (Fsp3) is 0.312. The summed E-state index contributed by atoms with van der Waals surface area (Å²) in [6.45, 7) is 2.00. The zero-order valence-electron chi connectivity index (χ0n) is 13.5. The fourth-order valence-corrected chi connectivity index (χ4v) is 3.01. The number of carbonyl (C=O) groups is 2. The molecule has 0 aliphatic heterocycles. The second-order valence-corrected chi connectivity index (χ2v) is 6.15. The molecule has 0 unspecified atom stereocenters. The third-order valence-electron chi connectivity index (χ3n) is 3.33. The number of nitrogens with zero attached hydrogens (tertiary/aromatic N) is 1. The van der Waals surface area contributed by atoms with Gasteiger partial charge in [0.15, 0.2) is 5.13 Å². The van der Waals surface area contributed by atoms with Gasteiger partial charge >= 0.3 is 6.03 Å². The minimum absolute atomic E-state index is 0.111. The molecule has 0 spiro atoms. The summed E-state index contributed by atoms with van der Waals surface area (Å²) in [4.78, 5) is 26.4. The molecule has 1 aromatic carbocycles. The van der Waals surface area contributed by atoms with Crippen LogP contribution in [0.2, 0.25) is 0 Å². The highest BCUT2D eigenvalue weighted by Gasteiger charge is 2.04. The molecular weight excluding hydrogens is 326 g/mol. The lowest BCUT2D eigenvalue weighted by Gasteiger charge is -2.06. The van der Waals surface area contributed by atoms with Crippen LogP contribution in [0.4, 0.5) is 9.93 Å². The lowest BCUT2D eigenvalue weighted by Crippen LogP contribution is -2.40. The van der Waals surface area contributed by atoms with Gasteiger partial charge in [-0.05, 0) is 30.4 Å². The number of hydrazine groups is 1. The summed E-state index contributed by atoms with van der Waals surface area (Å²) in [5, 5.41) is 7.95. The van der Waals surface area contributed by atoms with Crippen LogP contribution in [0.1, 0.15) is 23.7 Å². The van der Waals surface area contributed by atoms with E-state index in [1.54, 1.807) is 0 Å². The topological polar surface area (TPSA) is 109 Å². The molecule has 0 radical (unpaired) electrons. The Morgan fingerprint density at radius 3 is 2.67 bits per heavy atom. The molecule has 0 saturated heterocycles. The maximum atomic E-state index is 11.0. The largest absolute Gasteiger partial charge is 0.337 e. The van der Waals surface area contributed by atoms with Gasteiger partial charge in [0.25, 0.3) is 0 Å². The Hall–Kier alpha value is -2.45. The molecular formula is C16H21N5O2S. The van der Waals surface area contributed by atoms with Crippen molar-refractivity contribution in [1.82, 2.24) is 15.7 Å². The van der Waals surface area contributed by atoms with E-state index in [2.05, 4.69) is 27.8 Å². The highest BCUT2D eigenvalue weighted by atomic mass is 32.1. The number of urea groups is 1. The van der Waals surface area contributed by atoms with E-state index in [0.717, 1.165) is 30.5 Å². The predicted molar refractivity (Wildman–Crippen MR) is 94.7 cm³/mol. The number of nitrogens with one attached hydrogen (secondary N) is 3. The molecule has 1 heterocycles. The Labute approximate surface area is 144 Å². The first-order valence-corrected chi connectivity index (χ1v) is 8.49. The number of rotatable bonds is 7.